The Labute approximate surface area is 205 Å². The van der Waals surface area contributed by atoms with E-state index < -0.39 is 0 Å². The molecule has 5 rings (SSSR count). The third-order valence-electron chi connectivity index (χ3n) is 6.57. The number of nitrogens with zero attached hydrogens (tertiary/aromatic N) is 2. The van der Waals surface area contributed by atoms with Crippen LogP contribution in [0.1, 0.15) is 20.3 Å². The van der Waals surface area contributed by atoms with Crippen LogP contribution in [0.25, 0.3) is 22.2 Å². The first-order chi connectivity index (χ1) is 16.4. The highest BCUT2D eigenvalue weighted by Crippen LogP contribution is 2.37. The summed E-state index contributed by atoms with van der Waals surface area (Å²) in [6.07, 6.45) is 0.999. The Balaban J connectivity index is 1.29. The second-order valence-electron chi connectivity index (χ2n) is 9.97. The van der Waals surface area contributed by atoms with Gasteiger partial charge in [0.15, 0.2) is 0 Å². The van der Waals surface area contributed by atoms with Gasteiger partial charge in [0.05, 0.1) is 19.8 Å². The second-order valence-corrected chi connectivity index (χ2v) is 10.4. The van der Waals surface area contributed by atoms with Crippen LogP contribution in [0.3, 0.4) is 0 Å². The maximum Gasteiger partial charge on any atom is 0.240 e. The van der Waals surface area contributed by atoms with E-state index in [0.717, 1.165) is 67.2 Å². The van der Waals surface area contributed by atoms with Crippen molar-refractivity contribution < 1.29 is 14.3 Å². The van der Waals surface area contributed by atoms with Gasteiger partial charge in [-0.25, -0.2) is 0 Å². The Kier molecular flexibility index (Phi) is 6.56. The quantitative estimate of drug-likeness (QED) is 0.454. The molecule has 0 atom stereocenters. The summed E-state index contributed by atoms with van der Waals surface area (Å²) in [6.45, 7) is 10.1. The normalized spacial score (nSPS) is 17.1. The first kappa shape index (κ1) is 23.2. The predicted octanol–water partition coefficient (Wildman–Crippen LogP) is 4.59. The van der Waals surface area contributed by atoms with Crippen molar-refractivity contribution in [3.8, 4) is 17.0 Å². The first-order valence-corrected chi connectivity index (χ1v) is 12.4. The molecule has 0 bridgehead atoms. The van der Waals surface area contributed by atoms with Gasteiger partial charge in [0.2, 0.25) is 5.91 Å². The number of ether oxygens (including phenoxy) is 2. The molecule has 2 saturated heterocycles. The molecule has 3 aromatic rings. The molecule has 0 radical (unpaired) electrons. The van der Waals surface area contributed by atoms with Gasteiger partial charge in [-0.1, -0.05) is 23.7 Å². The number of carbonyl (C=O) groups excluding carboxylic acids is 1. The van der Waals surface area contributed by atoms with Gasteiger partial charge < -0.3 is 24.3 Å². The van der Waals surface area contributed by atoms with Gasteiger partial charge >= 0.3 is 0 Å². The number of aromatic nitrogens is 1. The van der Waals surface area contributed by atoms with E-state index in [1.807, 2.05) is 54.8 Å². The Bertz CT molecular complexity index is 1180. The van der Waals surface area contributed by atoms with E-state index >= 15 is 0 Å². The van der Waals surface area contributed by atoms with Crippen molar-refractivity contribution in [1.82, 2.24) is 14.8 Å². The maximum atomic E-state index is 12.6. The van der Waals surface area contributed by atoms with Gasteiger partial charge in [-0.15, -0.1) is 0 Å². The number of nitrogens with one attached hydrogen (secondary N) is 1. The van der Waals surface area contributed by atoms with Crippen molar-refractivity contribution >= 4 is 28.4 Å². The Morgan fingerprint density at radius 3 is 2.71 bits per heavy atom. The number of rotatable bonds is 9. The molecule has 7 heteroatoms. The van der Waals surface area contributed by atoms with Gasteiger partial charge in [-0.2, -0.15) is 0 Å². The lowest BCUT2D eigenvalue weighted by atomic mass is 9.78. The van der Waals surface area contributed by atoms with Crippen molar-refractivity contribution in [2.45, 2.75) is 32.9 Å². The van der Waals surface area contributed by atoms with Gasteiger partial charge in [0.1, 0.15) is 12.3 Å². The Hall–Kier alpha value is -2.54. The largest absolute Gasteiger partial charge is 0.494 e. The predicted molar refractivity (Wildman–Crippen MR) is 135 cm³/mol. The molecule has 1 spiro atoms. The molecule has 2 aromatic carbocycles. The van der Waals surface area contributed by atoms with Crippen LogP contribution < -0.4 is 10.1 Å². The van der Waals surface area contributed by atoms with Crippen molar-refractivity contribution in [1.29, 1.82) is 0 Å². The molecule has 34 heavy (non-hydrogen) atoms. The fraction of sp³-hybridized carbons (Fsp3) is 0.444. The smallest absolute Gasteiger partial charge is 0.240 e. The molecule has 2 aliphatic heterocycles. The zero-order valence-electron chi connectivity index (χ0n) is 19.9. The maximum absolute atomic E-state index is 12.6. The van der Waals surface area contributed by atoms with E-state index in [1.165, 1.54) is 0 Å². The van der Waals surface area contributed by atoms with Crippen molar-refractivity contribution in [2.75, 3.05) is 39.5 Å². The fourth-order valence-electron chi connectivity index (χ4n) is 5.02. The molecule has 2 fully saturated rings. The molecule has 0 unspecified atom stereocenters. The van der Waals surface area contributed by atoms with Crippen LogP contribution in [0, 0.1) is 5.41 Å². The van der Waals surface area contributed by atoms with Crippen molar-refractivity contribution in [2.24, 2.45) is 5.41 Å². The summed E-state index contributed by atoms with van der Waals surface area (Å²) in [5, 5.41) is 4.70. The Morgan fingerprint density at radius 2 is 2.00 bits per heavy atom. The Morgan fingerprint density at radius 1 is 1.18 bits per heavy atom. The van der Waals surface area contributed by atoms with Crippen LogP contribution in [0.4, 0.5) is 0 Å². The highest BCUT2D eigenvalue weighted by Gasteiger charge is 2.48. The van der Waals surface area contributed by atoms with E-state index in [0.29, 0.717) is 17.0 Å². The molecular formula is C27H32ClN3O3. The lowest BCUT2D eigenvalue weighted by Gasteiger charge is -2.55. The minimum Gasteiger partial charge on any atom is -0.494 e. The zero-order chi connectivity index (χ0) is 23.7. The second kappa shape index (κ2) is 9.61. The molecule has 0 saturated carbocycles. The topological polar surface area (TPSA) is 55.7 Å². The minimum absolute atomic E-state index is 0.0163. The molecule has 1 amide bonds. The summed E-state index contributed by atoms with van der Waals surface area (Å²) < 4.78 is 13.5. The van der Waals surface area contributed by atoms with E-state index in [-0.39, 0.29) is 18.5 Å². The van der Waals surface area contributed by atoms with Gasteiger partial charge in [-0.3, -0.25) is 4.79 Å². The average molecular weight is 482 g/mol. The summed E-state index contributed by atoms with van der Waals surface area (Å²) in [5.74, 6) is 0.832. The lowest BCUT2D eigenvalue weighted by Crippen LogP contribution is -2.65. The number of halogens is 1. The molecule has 2 aliphatic rings. The summed E-state index contributed by atoms with van der Waals surface area (Å²) in [4.78, 5) is 15.1. The summed E-state index contributed by atoms with van der Waals surface area (Å²) in [7, 11) is 0. The van der Waals surface area contributed by atoms with Crippen molar-refractivity contribution in [3.63, 3.8) is 0 Å². The summed E-state index contributed by atoms with van der Waals surface area (Å²) in [5.41, 5.74) is 3.40. The number of likely N-dealkylation sites (tertiary alicyclic amines) is 1. The van der Waals surface area contributed by atoms with E-state index in [4.69, 9.17) is 21.1 Å². The fourth-order valence-corrected chi connectivity index (χ4v) is 5.21. The van der Waals surface area contributed by atoms with E-state index in [2.05, 4.69) is 22.3 Å². The number of carbonyl (C=O) groups is 1. The number of hydrogen-bond donors (Lipinski definition) is 1. The summed E-state index contributed by atoms with van der Waals surface area (Å²) >= 11 is 6.26. The third-order valence-corrected chi connectivity index (χ3v) is 6.80. The standard InChI is InChI=1S/C27H32ClN3O3/c1-19(2)29-26(32)14-31-24-8-7-23(34-10-4-9-30-15-27(16-30)17-33-18-27)12-21(24)13-25(31)20-5-3-6-22(28)11-20/h3,5-8,11-13,19H,4,9-10,14-18H2,1-2H3,(H,29,32). The highest BCUT2D eigenvalue weighted by molar-refractivity contribution is 6.30. The molecule has 3 heterocycles. The lowest BCUT2D eigenvalue weighted by molar-refractivity contribution is -0.189. The number of amides is 1. The average Bonchev–Trinajstić information content (AvgIpc) is 3.08. The molecule has 180 valence electrons. The van der Waals surface area contributed by atoms with Gasteiger partial charge in [0.25, 0.3) is 0 Å². The number of benzene rings is 2. The number of hydrogen-bond acceptors (Lipinski definition) is 4. The van der Waals surface area contributed by atoms with Crippen molar-refractivity contribution in [3.05, 3.63) is 53.6 Å². The van der Waals surface area contributed by atoms with Crippen LogP contribution in [-0.2, 0) is 16.1 Å². The van der Waals surface area contributed by atoms with Crippen LogP contribution >= 0.6 is 11.6 Å². The first-order valence-electron chi connectivity index (χ1n) is 12.0. The van der Waals surface area contributed by atoms with Gasteiger partial charge in [0, 0.05) is 52.7 Å². The summed E-state index contributed by atoms with van der Waals surface area (Å²) in [6, 6.07) is 16.0. The zero-order valence-corrected chi connectivity index (χ0v) is 20.6. The van der Waals surface area contributed by atoms with E-state index in [1.54, 1.807) is 0 Å². The molecular weight excluding hydrogens is 450 g/mol. The molecule has 6 nitrogen and oxygen atoms in total. The van der Waals surface area contributed by atoms with Crippen LogP contribution in [0.15, 0.2) is 48.5 Å². The van der Waals surface area contributed by atoms with E-state index in [9.17, 15) is 4.79 Å². The third kappa shape index (κ3) is 4.95. The van der Waals surface area contributed by atoms with Crippen LogP contribution in [-0.4, -0.2) is 60.9 Å². The van der Waals surface area contributed by atoms with Crippen LogP contribution in [0.5, 0.6) is 5.75 Å². The molecule has 1 N–H and O–H groups in total. The number of fused-ring (bicyclic) bond motifs is 1. The monoisotopic (exact) mass is 481 g/mol. The SMILES string of the molecule is CC(C)NC(=O)Cn1c(-c2cccc(Cl)c2)cc2cc(OCCCN3CC4(COC4)C3)ccc21. The highest BCUT2D eigenvalue weighted by atomic mass is 35.5. The van der Waals surface area contributed by atoms with Crippen LogP contribution in [0.2, 0.25) is 5.02 Å². The molecule has 0 aliphatic carbocycles. The molecule has 1 aromatic heterocycles. The van der Waals surface area contributed by atoms with Gasteiger partial charge in [-0.05, 0) is 62.2 Å². The minimum atomic E-state index is -0.0163.